The molecule has 9 nitrogen and oxygen atoms in total. The maximum Gasteiger partial charge on any atom is 0.390 e. The third-order valence-corrected chi connectivity index (χ3v) is 4.22. The molecule has 11 heteroatoms. The van der Waals surface area contributed by atoms with Gasteiger partial charge < -0.3 is 15.4 Å². The highest BCUT2D eigenvalue weighted by molar-refractivity contribution is 6.33. The molecule has 0 fully saturated rings. The van der Waals surface area contributed by atoms with Gasteiger partial charge in [-0.05, 0) is 29.5 Å². The average Bonchev–Trinajstić information content (AvgIpc) is 3.18. The summed E-state index contributed by atoms with van der Waals surface area (Å²) in [6.45, 7) is 2.22. The van der Waals surface area contributed by atoms with Gasteiger partial charge in [-0.25, -0.2) is 4.39 Å². The highest BCUT2D eigenvalue weighted by atomic mass is 35.5. The van der Waals surface area contributed by atoms with Crippen LogP contribution in [0.2, 0.25) is 5.02 Å². The SMILES string of the molecule is Cc1cc([N+](=O)[O-])nn1CCC(=O)Nc1nn(Cc2ccc(F)cc2)cc1Cl. The van der Waals surface area contributed by atoms with Gasteiger partial charge in [0, 0.05) is 12.6 Å². The quantitative estimate of drug-likeness (QED) is 0.479. The van der Waals surface area contributed by atoms with Crippen LogP contribution in [0.5, 0.6) is 0 Å². The number of nitrogens with zero attached hydrogens (tertiary/aromatic N) is 5. The minimum atomic E-state index is -0.586. The van der Waals surface area contributed by atoms with Gasteiger partial charge in [-0.3, -0.25) is 9.48 Å². The lowest BCUT2D eigenvalue weighted by Crippen LogP contribution is -2.16. The number of hydrogen-bond donors (Lipinski definition) is 1. The van der Waals surface area contributed by atoms with Gasteiger partial charge in [0.1, 0.15) is 10.8 Å². The van der Waals surface area contributed by atoms with Gasteiger partial charge in [0.05, 0.1) is 29.9 Å². The number of halogens is 2. The van der Waals surface area contributed by atoms with Gasteiger partial charge in [0.2, 0.25) is 5.91 Å². The van der Waals surface area contributed by atoms with E-state index in [1.54, 1.807) is 25.3 Å². The number of hydrogen-bond acceptors (Lipinski definition) is 5. The topological polar surface area (TPSA) is 108 Å². The average molecular weight is 407 g/mol. The summed E-state index contributed by atoms with van der Waals surface area (Å²) in [5.41, 5.74) is 1.41. The second-order valence-corrected chi connectivity index (χ2v) is 6.48. The number of benzene rings is 1. The summed E-state index contributed by atoms with van der Waals surface area (Å²) in [7, 11) is 0. The zero-order valence-electron chi connectivity index (χ0n) is 14.8. The highest BCUT2D eigenvalue weighted by Crippen LogP contribution is 2.20. The third kappa shape index (κ3) is 4.71. The van der Waals surface area contributed by atoms with Crippen LogP contribution >= 0.6 is 11.6 Å². The molecular weight excluding hydrogens is 391 g/mol. The van der Waals surface area contributed by atoms with E-state index in [0.29, 0.717) is 12.2 Å². The molecular formula is C17H16ClFN6O3. The number of carbonyl (C=O) groups excluding carboxylic acids is 1. The molecule has 0 saturated carbocycles. The lowest BCUT2D eigenvalue weighted by atomic mass is 10.2. The summed E-state index contributed by atoms with van der Waals surface area (Å²) >= 11 is 6.11. The first-order chi connectivity index (χ1) is 13.3. The van der Waals surface area contributed by atoms with Gasteiger partial charge >= 0.3 is 5.82 Å². The van der Waals surface area contributed by atoms with Crippen molar-refractivity contribution in [3.05, 3.63) is 68.7 Å². The van der Waals surface area contributed by atoms with Crippen LogP contribution in [0.15, 0.2) is 36.5 Å². The monoisotopic (exact) mass is 406 g/mol. The number of rotatable bonds is 7. The number of nitro groups is 1. The predicted octanol–water partition coefficient (Wildman–Crippen LogP) is 3.17. The number of anilines is 1. The summed E-state index contributed by atoms with van der Waals surface area (Å²) in [5.74, 6) is -0.739. The molecule has 0 bridgehead atoms. The second-order valence-electron chi connectivity index (χ2n) is 6.07. The maximum atomic E-state index is 13.0. The van der Waals surface area contributed by atoms with Crippen LogP contribution < -0.4 is 5.32 Å². The van der Waals surface area contributed by atoms with E-state index in [4.69, 9.17) is 11.6 Å². The van der Waals surface area contributed by atoms with Crippen molar-refractivity contribution in [2.24, 2.45) is 0 Å². The van der Waals surface area contributed by atoms with E-state index in [9.17, 15) is 19.3 Å². The normalized spacial score (nSPS) is 10.8. The summed E-state index contributed by atoms with van der Waals surface area (Å²) in [6.07, 6.45) is 1.60. The number of amides is 1. The van der Waals surface area contributed by atoms with Gasteiger partial charge in [0.25, 0.3) is 0 Å². The van der Waals surface area contributed by atoms with Crippen molar-refractivity contribution in [2.75, 3.05) is 5.32 Å². The van der Waals surface area contributed by atoms with E-state index < -0.39 is 4.92 Å². The maximum absolute atomic E-state index is 13.0. The number of aryl methyl sites for hydroxylation is 2. The highest BCUT2D eigenvalue weighted by Gasteiger charge is 2.17. The molecule has 0 unspecified atom stereocenters. The largest absolute Gasteiger partial charge is 0.390 e. The van der Waals surface area contributed by atoms with E-state index in [1.165, 1.54) is 27.6 Å². The molecule has 1 amide bonds. The molecule has 0 spiro atoms. The number of aromatic nitrogens is 4. The van der Waals surface area contributed by atoms with Crippen molar-refractivity contribution >= 4 is 29.1 Å². The standard InChI is InChI=1S/C17H16ClFN6O3/c1-11-8-15(25(27)28)21-24(11)7-6-16(26)20-17-14(18)10-23(22-17)9-12-2-4-13(19)5-3-12/h2-5,8,10H,6-7,9H2,1H3,(H,20,22,26). The fraction of sp³-hybridized carbons (Fsp3) is 0.235. The Labute approximate surface area is 163 Å². The smallest absolute Gasteiger partial charge is 0.358 e. The Morgan fingerprint density at radius 1 is 1.32 bits per heavy atom. The van der Waals surface area contributed by atoms with E-state index in [2.05, 4.69) is 15.5 Å². The van der Waals surface area contributed by atoms with Gasteiger partial charge in [-0.1, -0.05) is 23.7 Å². The van der Waals surface area contributed by atoms with Crippen molar-refractivity contribution in [3.8, 4) is 0 Å². The van der Waals surface area contributed by atoms with Gasteiger partial charge in [-0.2, -0.15) is 9.78 Å². The minimum absolute atomic E-state index is 0.0425. The molecule has 1 aromatic carbocycles. The zero-order valence-corrected chi connectivity index (χ0v) is 15.6. The molecule has 0 radical (unpaired) electrons. The Morgan fingerprint density at radius 3 is 2.68 bits per heavy atom. The molecule has 0 saturated heterocycles. The van der Waals surface area contributed by atoms with Crippen LogP contribution in [0.4, 0.5) is 16.0 Å². The van der Waals surface area contributed by atoms with Crippen LogP contribution in [-0.4, -0.2) is 30.4 Å². The van der Waals surface area contributed by atoms with E-state index >= 15 is 0 Å². The lowest BCUT2D eigenvalue weighted by Gasteiger charge is -2.03. The second kappa shape index (κ2) is 8.17. The third-order valence-electron chi connectivity index (χ3n) is 3.94. The molecule has 0 atom stereocenters. The first-order valence-electron chi connectivity index (χ1n) is 8.28. The Morgan fingerprint density at radius 2 is 2.04 bits per heavy atom. The van der Waals surface area contributed by atoms with E-state index in [1.807, 2.05) is 0 Å². The van der Waals surface area contributed by atoms with Crippen molar-refractivity contribution in [1.82, 2.24) is 19.6 Å². The Bertz CT molecular complexity index is 1010. The van der Waals surface area contributed by atoms with Crippen molar-refractivity contribution in [3.63, 3.8) is 0 Å². The van der Waals surface area contributed by atoms with Crippen LogP contribution in [0, 0.1) is 22.9 Å². The first kappa shape index (κ1) is 19.5. The van der Waals surface area contributed by atoms with Gasteiger partial charge in [-0.15, -0.1) is 0 Å². The molecule has 0 aliphatic heterocycles. The minimum Gasteiger partial charge on any atom is -0.358 e. The number of carbonyl (C=O) groups is 1. The van der Waals surface area contributed by atoms with Crippen LogP contribution in [0.25, 0.3) is 0 Å². The Kier molecular flexibility index (Phi) is 5.69. The van der Waals surface area contributed by atoms with Crippen LogP contribution in [-0.2, 0) is 17.9 Å². The summed E-state index contributed by atoms with van der Waals surface area (Å²) < 4.78 is 15.9. The van der Waals surface area contributed by atoms with Crippen molar-refractivity contribution in [1.29, 1.82) is 0 Å². The van der Waals surface area contributed by atoms with Crippen LogP contribution in [0.3, 0.4) is 0 Å². The zero-order chi connectivity index (χ0) is 20.3. The number of nitrogens with one attached hydrogen (secondary N) is 1. The van der Waals surface area contributed by atoms with E-state index in [0.717, 1.165) is 5.56 Å². The molecule has 2 aromatic heterocycles. The van der Waals surface area contributed by atoms with E-state index in [-0.39, 0.29) is 41.3 Å². The Hall–Kier alpha value is -3.27. The molecule has 3 rings (SSSR count). The summed E-state index contributed by atoms with van der Waals surface area (Å²) in [5, 5.41) is 21.7. The summed E-state index contributed by atoms with van der Waals surface area (Å²) in [6, 6.07) is 7.31. The molecule has 28 heavy (non-hydrogen) atoms. The van der Waals surface area contributed by atoms with Gasteiger partial charge in [0.15, 0.2) is 5.82 Å². The molecule has 0 aliphatic rings. The fourth-order valence-electron chi connectivity index (χ4n) is 2.55. The first-order valence-corrected chi connectivity index (χ1v) is 8.65. The molecule has 2 heterocycles. The van der Waals surface area contributed by atoms with Crippen LogP contribution in [0.1, 0.15) is 17.7 Å². The predicted molar refractivity (Wildman–Crippen MR) is 99.6 cm³/mol. The fourth-order valence-corrected chi connectivity index (χ4v) is 2.75. The molecule has 1 N–H and O–H groups in total. The molecule has 146 valence electrons. The molecule has 3 aromatic rings. The lowest BCUT2D eigenvalue weighted by molar-refractivity contribution is -0.389. The van der Waals surface area contributed by atoms with Crippen molar-refractivity contribution < 1.29 is 14.1 Å². The van der Waals surface area contributed by atoms with Crippen molar-refractivity contribution in [2.45, 2.75) is 26.4 Å². The summed E-state index contributed by atoms with van der Waals surface area (Å²) in [4.78, 5) is 22.3. The molecule has 0 aliphatic carbocycles. The Balaban J connectivity index is 1.59.